The number of carbonyl (C=O) groups excluding carboxylic acids is 2. The number of piperazine rings is 1. The summed E-state index contributed by atoms with van der Waals surface area (Å²) in [5.74, 6) is -1.25. The Kier molecular flexibility index (Phi) is 7.64. The summed E-state index contributed by atoms with van der Waals surface area (Å²) in [7, 11) is 0. The van der Waals surface area contributed by atoms with Gasteiger partial charge in [-0.1, -0.05) is 18.2 Å². The Morgan fingerprint density at radius 1 is 1.18 bits per heavy atom. The average Bonchev–Trinajstić information content (AvgIpc) is 2.71. The molecule has 0 radical (unpaired) electrons. The van der Waals surface area contributed by atoms with Crippen molar-refractivity contribution in [1.82, 2.24) is 10.4 Å². The van der Waals surface area contributed by atoms with Crippen molar-refractivity contribution in [2.75, 3.05) is 31.1 Å². The molecule has 1 aliphatic heterocycles. The number of nitrogens with one attached hydrogen (secondary N) is 1. The summed E-state index contributed by atoms with van der Waals surface area (Å²) in [6.07, 6.45) is 4.83. The smallest absolute Gasteiger partial charge is 0.332 e. The zero-order chi connectivity index (χ0) is 20.5. The van der Waals surface area contributed by atoms with Crippen LogP contribution in [0.1, 0.15) is 5.56 Å². The van der Waals surface area contributed by atoms with Gasteiger partial charge < -0.3 is 15.5 Å². The summed E-state index contributed by atoms with van der Waals surface area (Å²) in [5, 5.41) is 8.58. The van der Waals surface area contributed by atoms with Gasteiger partial charge in [0.2, 0.25) is 0 Å². The Hall–Kier alpha value is -3.27. The van der Waals surface area contributed by atoms with Crippen molar-refractivity contribution in [3.8, 4) is 0 Å². The lowest BCUT2D eigenvalue weighted by molar-refractivity contribution is -0.125. The highest BCUT2D eigenvalue weighted by Crippen LogP contribution is 2.23. The number of benzene rings is 1. The maximum Gasteiger partial charge on any atom is 0.332 e. The van der Waals surface area contributed by atoms with Gasteiger partial charge in [0.1, 0.15) is 5.71 Å². The molecule has 0 bridgehead atoms. The van der Waals surface area contributed by atoms with Gasteiger partial charge in [0.05, 0.1) is 0 Å². The lowest BCUT2D eigenvalue weighted by Crippen LogP contribution is -2.50. The first kappa shape index (κ1) is 21.0. The molecule has 0 saturated carbocycles. The van der Waals surface area contributed by atoms with Crippen LogP contribution in [0.4, 0.5) is 14.5 Å². The molecule has 1 aromatic rings. The predicted octanol–water partition coefficient (Wildman–Crippen LogP) is 0.990. The van der Waals surface area contributed by atoms with Crippen LogP contribution in [-0.4, -0.2) is 60.4 Å². The van der Waals surface area contributed by atoms with Crippen LogP contribution >= 0.6 is 0 Å². The lowest BCUT2D eigenvalue weighted by Gasteiger charge is -2.36. The van der Waals surface area contributed by atoms with Gasteiger partial charge in [-0.3, -0.25) is 14.8 Å². The van der Waals surface area contributed by atoms with Crippen molar-refractivity contribution in [3.05, 3.63) is 48.2 Å². The third-order valence-corrected chi connectivity index (χ3v) is 4.08. The molecule has 0 unspecified atom stereocenters. The molecule has 0 aliphatic carbocycles. The van der Waals surface area contributed by atoms with Crippen molar-refractivity contribution in [2.45, 2.75) is 6.55 Å². The Morgan fingerprint density at radius 3 is 2.46 bits per heavy atom. The molecule has 0 atom stereocenters. The van der Waals surface area contributed by atoms with E-state index in [2.05, 4.69) is 4.99 Å². The lowest BCUT2D eigenvalue weighted by atomic mass is 10.1. The van der Waals surface area contributed by atoms with E-state index < -0.39 is 18.4 Å². The minimum Gasteiger partial charge on any atom is -0.405 e. The first-order chi connectivity index (χ1) is 13.5. The van der Waals surface area contributed by atoms with E-state index >= 15 is 0 Å². The van der Waals surface area contributed by atoms with Crippen LogP contribution in [0.3, 0.4) is 0 Å². The van der Waals surface area contributed by atoms with Gasteiger partial charge in [-0.25, -0.2) is 10.5 Å². The van der Waals surface area contributed by atoms with E-state index in [4.69, 9.17) is 10.9 Å². The Bertz CT molecular complexity index is 787. The summed E-state index contributed by atoms with van der Waals surface area (Å²) in [4.78, 5) is 30.1. The Morgan fingerprint density at radius 2 is 1.86 bits per heavy atom. The molecule has 28 heavy (non-hydrogen) atoms. The number of nitrogens with zero attached hydrogens (tertiary/aromatic N) is 3. The number of rotatable bonds is 6. The van der Waals surface area contributed by atoms with Gasteiger partial charge >= 0.3 is 6.55 Å². The molecular formula is C18H21F2N5O3. The second kappa shape index (κ2) is 10.2. The van der Waals surface area contributed by atoms with Crippen molar-refractivity contribution < 1.29 is 23.6 Å². The van der Waals surface area contributed by atoms with Crippen LogP contribution < -0.4 is 16.1 Å². The van der Waals surface area contributed by atoms with Crippen LogP contribution in [0.2, 0.25) is 0 Å². The van der Waals surface area contributed by atoms with Gasteiger partial charge in [-0.2, -0.15) is 8.78 Å². The van der Waals surface area contributed by atoms with Gasteiger partial charge in [-0.05, 0) is 30.0 Å². The SMILES string of the molecule is NC=CC(=NC(F)F)C(=O)N1CCN(c2ccccc2/C=C/C(=O)NO)CC1. The molecule has 1 heterocycles. The first-order valence-electron chi connectivity index (χ1n) is 8.46. The second-order valence-corrected chi connectivity index (χ2v) is 5.80. The molecule has 1 aliphatic rings. The Balaban J connectivity index is 2.09. The fraction of sp³-hybridized carbons (Fsp3) is 0.278. The number of halogens is 2. The van der Waals surface area contributed by atoms with Crippen LogP contribution in [0.25, 0.3) is 6.08 Å². The second-order valence-electron chi connectivity index (χ2n) is 5.80. The summed E-state index contributed by atoms with van der Waals surface area (Å²) in [6.45, 7) is -1.43. The monoisotopic (exact) mass is 393 g/mol. The number of amides is 2. The quantitative estimate of drug-likeness (QED) is 0.219. The number of carbonyl (C=O) groups is 2. The van der Waals surface area contributed by atoms with E-state index in [1.807, 2.05) is 29.2 Å². The van der Waals surface area contributed by atoms with Crippen LogP contribution in [0.5, 0.6) is 0 Å². The zero-order valence-corrected chi connectivity index (χ0v) is 15.0. The maximum atomic E-state index is 12.5. The number of alkyl halides is 2. The largest absolute Gasteiger partial charge is 0.405 e. The minimum atomic E-state index is -2.99. The van der Waals surface area contributed by atoms with Crippen molar-refractivity contribution in [3.63, 3.8) is 0 Å². The van der Waals surface area contributed by atoms with Gasteiger partial charge in [0.25, 0.3) is 11.8 Å². The number of anilines is 1. The van der Waals surface area contributed by atoms with Gasteiger partial charge in [0.15, 0.2) is 0 Å². The Labute approximate surface area is 160 Å². The van der Waals surface area contributed by atoms with E-state index in [0.717, 1.165) is 23.5 Å². The van der Waals surface area contributed by atoms with Gasteiger partial charge in [-0.15, -0.1) is 0 Å². The molecule has 2 rings (SSSR count). The van der Waals surface area contributed by atoms with Crippen LogP contribution in [-0.2, 0) is 9.59 Å². The maximum absolute atomic E-state index is 12.5. The molecule has 4 N–H and O–H groups in total. The van der Waals surface area contributed by atoms with E-state index in [-0.39, 0.29) is 5.71 Å². The van der Waals surface area contributed by atoms with E-state index in [1.165, 1.54) is 16.5 Å². The van der Waals surface area contributed by atoms with Gasteiger partial charge in [0, 0.05) is 37.9 Å². The number of hydrogen-bond acceptors (Lipinski definition) is 6. The number of para-hydroxylation sites is 1. The average molecular weight is 393 g/mol. The van der Waals surface area contributed by atoms with E-state index in [1.54, 1.807) is 6.08 Å². The number of aliphatic imine (C=N–C) groups is 1. The highest BCUT2D eigenvalue weighted by Gasteiger charge is 2.25. The molecule has 1 saturated heterocycles. The third kappa shape index (κ3) is 5.61. The zero-order valence-electron chi connectivity index (χ0n) is 15.0. The molecule has 1 fully saturated rings. The van der Waals surface area contributed by atoms with Crippen LogP contribution in [0, 0.1) is 0 Å². The summed E-state index contributed by atoms with van der Waals surface area (Å²) >= 11 is 0. The van der Waals surface area contributed by atoms with Crippen molar-refractivity contribution >= 4 is 29.3 Å². The highest BCUT2D eigenvalue weighted by atomic mass is 19.3. The molecule has 2 amide bonds. The minimum absolute atomic E-state index is 0.314. The molecular weight excluding hydrogens is 372 g/mol. The molecule has 150 valence electrons. The van der Waals surface area contributed by atoms with Crippen LogP contribution in [0.15, 0.2) is 47.6 Å². The molecule has 8 nitrogen and oxygen atoms in total. The molecule has 0 aromatic heterocycles. The van der Waals surface area contributed by atoms with E-state index in [9.17, 15) is 18.4 Å². The summed E-state index contributed by atoms with van der Waals surface area (Å²) < 4.78 is 25.1. The topological polar surface area (TPSA) is 111 Å². The predicted molar refractivity (Wildman–Crippen MR) is 101 cm³/mol. The number of nitrogens with two attached hydrogens (primary N) is 1. The standard InChI is InChI=1S/C18H21F2N5O3/c19-18(20)22-14(7-8-21)17(27)25-11-9-24(10-12-25)15-4-2-1-3-13(15)5-6-16(26)23-28/h1-8,18,28H,9-12,21H2,(H,23,26)/b6-5+,8-7?,22-14?. The fourth-order valence-electron chi connectivity index (χ4n) is 2.80. The normalized spacial score (nSPS) is 15.6. The van der Waals surface area contributed by atoms with E-state index in [0.29, 0.717) is 26.2 Å². The molecule has 10 heteroatoms. The summed E-state index contributed by atoms with van der Waals surface area (Å²) in [5.41, 5.74) is 7.96. The molecule has 1 aromatic carbocycles. The number of hydroxylamine groups is 1. The molecule has 0 spiro atoms. The third-order valence-electron chi connectivity index (χ3n) is 4.08. The van der Waals surface area contributed by atoms with Crippen molar-refractivity contribution in [2.24, 2.45) is 10.7 Å². The first-order valence-corrected chi connectivity index (χ1v) is 8.46. The fourth-order valence-corrected chi connectivity index (χ4v) is 2.80. The highest BCUT2D eigenvalue weighted by molar-refractivity contribution is 6.43. The summed E-state index contributed by atoms with van der Waals surface area (Å²) in [6, 6.07) is 7.34. The van der Waals surface area contributed by atoms with Crippen molar-refractivity contribution in [1.29, 1.82) is 0 Å². The number of hydrogen-bond donors (Lipinski definition) is 3.